The van der Waals surface area contributed by atoms with Crippen molar-refractivity contribution in [3.63, 3.8) is 0 Å². The molecular formula is C11H10FNO2. The number of carbonyl (C=O) groups is 1. The Balaban J connectivity index is 2.51. The number of benzene rings is 1. The van der Waals surface area contributed by atoms with Crippen molar-refractivity contribution in [1.29, 1.82) is 0 Å². The van der Waals surface area contributed by atoms with E-state index in [2.05, 4.69) is 4.98 Å². The molecule has 0 N–H and O–H groups in total. The van der Waals surface area contributed by atoms with Gasteiger partial charge in [-0.3, -0.25) is 4.79 Å². The van der Waals surface area contributed by atoms with Crippen LogP contribution in [0.4, 0.5) is 4.39 Å². The van der Waals surface area contributed by atoms with Crippen molar-refractivity contribution < 1.29 is 13.6 Å². The average molecular weight is 207 g/mol. The fourth-order valence-corrected chi connectivity index (χ4v) is 1.34. The molecule has 4 heteroatoms. The zero-order chi connectivity index (χ0) is 11.0. The third-order valence-electron chi connectivity index (χ3n) is 2.13. The monoisotopic (exact) mass is 207 g/mol. The second-order valence-corrected chi connectivity index (χ2v) is 3.50. The largest absolute Gasteiger partial charge is 0.437 e. The number of hydrogen-bond donors (Lipinski definition) is 0. The molecule has 0 aliphatic rings. The molecule has 2 aromatic rings. The van der Waals surface area contributed by atoms with Gasteiger partial charge in [-0.25, -0.2) is 9.37 Å². The van der Waals surface area contributed by atoms with Crippen LogP contribution in [0.1, 0.15) is 24.5 Å². The average Bonchev–Trinajstić information content (AvgIpc) is 2.58. The molecule has 0 saturated carbocycles. The van der Waals surface area contributed by atoms with Gasteiger partial charge in [0.15, 0.2) is 11.4 Å². The predicted molar refractivity (Wildman–Crippen MR) is 53.3 cm³/mol. The van der Waals surface area contributed by atoms with Crippen molar-refractivity contribution in [3.8, 4) is 0 Å². The van der Waals surface area contributed by atoms with Crippen molar-refractivity contribution >= 4 is 16.9 Å². The Labute approximate surface area is 85.9 Å². The van der Waals surface area contributed by atoms with E-state index in [4.69, 9.17) is 4.42 Å². The summed E-state index contributed by atoms with van der Waals surface area (Å²) in [7, 11) is 0. The summed E-state index contributed by atoms with van der Waals surface area (Å²) in [6.07, 6.45) is -1.77. The molecule has 1 heterocycles. The van der Waals surface area contributed by atoms with Gasteiger partial charge in [-0.1, -0.05) is 6.07 Å². The molecule has 3 nitrogen and oxygen atoms in total. The van der Waals surface area contributed by atoms with Crippen LogP contribution in [0.15, 0.2) is 22.6 Å². The SMILES string of the molecule is CC(=O)C(F)c1nc2cc(C)ccc2o1. The molecule has 0 bridgehead atoms. The van der Waals surface area contributed by atoms with E-state index in [0.717, 1.165) is 5.56 Å². The van der Waals surface area contributed by atoms with E-state index in [0.29, 0.717) is 11.1 Å². The number of Topliss-reactive ketones (excluding diaryl/α,β-unsaturated/α-hetero) is 1. The number of hydrogen-bond acceptors (Lipinski definition) is 3. The van der Waals surface area contributed by atoms with Gasteiger partial charge < -0.3 is 4.42 Å². The van der Waals surface area contributed by atoms with E-state index in [1.54, 1.807) is 12.1 Å². The van der Waals surface area contributed by atoms with Gasteiger partial charge in [0.2, 0.25) is 12.1 Å². The quantitative estimate of drug-likeness (QED) is 0.760. The molecule has 0 aliphatic carbocycles. The maximum atomic E-state index is 13.3. The molecule has 0 radical (unpaired) electrons. The summed E-state index contributed by atoms with van der Waals surface area (Å²) in [6, 6.07) is 5.35. The smallest absolute Gasteiger partial charge is 0.237 e. The fraction of sp³-hybridized carbons (Fsp3) is 0.273. The van der Waals surface area contributed by atoms with Crippen LogP contribution in [0.3, 0.4) is 0 Å². The second-order valence-electron chi connectivity index (χ2n) is 3.50. The lowest BCUT2D eigenvalue weighted by Crippen LogP contribution is -2.02. The molecule has 2 rings (SSSR count). The van der Waals surface area contributed by atoms with E-state index in [1.165, 1.54) is 6.92 Å². The summed E-state index contributed by atoms with van der Waals surface area (Å²) in [5.41, 5.74) is 2.09. The van der Waals surface area contributed by atoms with Crippen LogP contribution < -0.4 is 0 Å². The minimum atomic E-state index is -1.77. The van der Waals surface area contributed by atoms with Gasteiger partial charge in [0.05, 0.1) is 0 Å². The zero-order valence-electron chi connectivity index (χ0n) is 8.45. The first-order valence-corrected chi connectivity index (χ1v) is 4.59. The third-order valence-corrected chi connectivity index (χ3v) is 2.13. The molecule has 15 heavy (non-hydrogen) atoms. The first-order chi connectivity index (χ1) is 7.08. The summed E-state index contributed by atoms with van der Waals surface area (Å²) < 4.78 is 18.4. The molecule has 1 aromatic carbocycles. The van der Waals surface area contributed by atoms with E-state index >= 15 is 0 Å². The molecule has 1 aromatic heterocycles. The summed E-state index contributed by atoms with van der Waals surface area (Å²) in [6.45, 7) is 3.08. The van der Waals surface area contributed by atoms with Gasteiger partial charge in [0, 0.05) is 0 Å². The first-order valence-electron chi connectivity index (χ1n) is 4.59. The molecule has 0 saturated heterocycles. The molecule has 1 atom stereocenters. The Morgan fingerprint density at radius 3 is 2.93 bits per heavy atom. The molecule has 0 aliphatic heterocycles. The minimum Gasteiger partial charge on any atom is -0.437 e. The highest BCUT2D eigenvalue weighted by atomic mass is 19.1. The number of ketones is 1. The van der Waals surface area contributed by atoms with Crippen LogP contribution in [-0.4, -0.2) is 10.8 Å². The number of carbonyl (C=O) groups excluding carboxylic acids is 1. The van der Waals surface area contributed by atoms with Crippen LogP contribution in [0.2, 0.25) is 0 Å². The number of rotatable bonds is 2. The van der Waals surface area contributed by atoms with E-state index in [9.17, 15) is 9.18 Å². The van der Waals surface area contributed by atoms with Crippen molar-refractivity contribution in [2.45, 2.75) is 20.0 Å². The first kappa shape index (κ1) is 9.83. The Bertz CT molecular complexity index is 518. The van der Waals surface area contributed by atoms with Crippen LogP contribution in [0.5, 0.6) is 0 Å². The summed E-state index contributed by atoms with van der Waals surface area (Å²) in [5, 5.41) is 0. The van der Waals surface area contributed by atoms with Gasteiger partial charge >= 0.3 is 0 Å². The summed E-state index contributed by atoms with van der Waals surface area (Å²) >= 11 is 0. The van der Waals surface area contributed by atoms with Crippen LogP contribution in [0, 0.1) is 6.92 Å². The number of halogens is 1. The van der Waals surface area contributed by atoms with Gasteiger partial charge in [0.25, 0.3) is 0 Å². The predicted octanol–water partition coefficient (Wildman–Crippen LogP) is 2.74. The number of aromatic nitrogens is 1. The Morgan fingerprint density at radius 1 is 1.53 bits per heavy atom. The van der Waals surface area contributed by atoms with Gasteiger partial charge in [-0.05, 0) is 31.5 Å². The van der Waals surface area contributed by atoms with Gasteiger partial charge in [0.1, 0.15) is 5.52 Å². The molecule has 78 valence electrons. The number of alkyl halides is 1. The number of aryl methyl sites for hydroxylation is 1. The van der Waals surface area contributed by atoms with Crippen LogP contribution in [0.25, 0.3) is 11.1 Å². The lowest BCUT2D eigenvalue weighted by atomic mass is 10.2. The van der Waals surface area contributed by atoms with Gasteiger partial charge in [-0.15, -0.1) is 0 Å². The maximum Gasteiger partial charge on any atom is 0.237 e. The van der Waals surface area contributed by atoms with Crippen molar-refractivity contribution in [2.75, 3.05) is 0 Å². The molecule has 0 amide bonds. The van der Waals surface area contributed by atoms with E-state index < -0.39 is 12.0 Å². The fourth-order valence-electron chi connectivity index (χ4n) is 1.34. The highest BCUT2D eigenvalue weighted by molar-refractivity contribution is 5.82. The van der Waals surface area contributed by atoms with Crippen LogP contribution in [-0.2, 0) is 4.79 Å². The third kappa shape index (κ3) is 1.75. The zero-order valence-corrected chi connectivity index (χ0v) is 8.45. The minimum absolute atomic E-state index is 0.164. The number of fused-ring (bicyclic) bond motifs is 1. The second kappa shape index (κ2) is 3.46. The van der Waals surface area contributed by atoms with Crippen LogP contribution >= 0.6 is 0 Å². The molecular weight excluding hydrogens is 197 g/mol. The summed E-state index contributed by atoms with van der Waals surface area (Å²) in [5.74, 6) is -0.763. The highest BCUT2D eigenvalue weighted by Gasteiger charge is 2.21. The molecule has 0 fully saturated rings. The number of nitrogens with zero attached hydrogens (tertiary/aromatic N) is 1. The maximum absolute atomic E-state index is 13.3. The van der Waals surface area contributed by atoms with Gasteiger partial charge in [-0.2, -0.15) is 0 Å². The Hall–Kier alpha value is -1.71. The molecule has 1 unspecified atom stereocenters. The van der Waals surface area contributed by atoms with E-state index in [1.807, 2.05) is 13.0 Å². The lowest BCUT2D eigenvalue weighted by Gasteiger charge is -1.95. The number of oxazole rings is 1. The van der Waals surface area contributed by atoms with Crippen molar-refractivity contribution in [2.24, 2.45) is 0 Å². The topological polar surface area (TPSA) is 43.1 Å². The Kier molecular flexibility index (Phi) is 2.26. The highest BCUT2D eigenvalue weighted by Crippen LogP contribution is 2.23. The standard InChI is InChI=1S/C11H10FNO2/c1-6-3-4-9-8(5-6)13-11(15-9)10(12)7(2)14/h3-5,10H,1-2H3. The molecule has 0 spiro atoms. The normalized spacial score (nSPS) is 13.0. The summed E-state index contributed by atoms with van der Waals surface area (Å²) in [4.78, 5) is 14.7. The van der Waals surface area contributed by atoms with Crippen molar-refractivity contribution in [1.82, 2.24) is 4.98 Å². The lowest BCUT2D eigenvalue weighted by molar-refractivity contribution is -0.122. The van der Waals surface area contributed by atoms with Crippen molar-refractivity contribution in [3.05, 3.63) is 29.7 Å². The van der Waals surface area contributed by atoms with E-state index in [-0.39, 0.29) is 5.89 Å². The Morgan fingerprint density at radius 2 is 2.27 bits per heavy atom.